The first kappa shape index (κ1) is 9.65. The van der Waals surface area contributed by atoms with Crippen LogP contribution in [0.1, 0.15) is 18.2 Å². The summed E-state index contributed by atoms with van der Waals surface area (Å²) >= 11 is 0. The Kier molecular flexibility index (Phi) is 2.37. The number of pyridine rings is 2. The molecular formula is C12H12N2O. The number of aromatic amines is 1. The van der Waals surface area contributed by atoms with Gasteiger partial charge in [0.2, 0.25) is 0 Å². The summed E-state index contributed by atoms with van der Waals surface area (Å²) in [7, 11) is 0. The fourth-order valence-electron chi connectivity index (χ4n) is 1.52. The molecule has 3 nitrogen and oxygen atoms in total. The molecule has 0 saturated carbocycles. The van der Waals surface area contributed by atoms with E-state index in [2.05, 4.69) is 16.5 Å². The third-order valence-electron chi connectivity index (χ3n) is 2.39. The Morgan fingerprint density at radius 2 is 2.33 bits per heavy atom. The van der Waals surface area contributed by atoms with E-state index in [0.29, 0.717) is 5.65 Å². The van der Waals surface area contributed by atoms with Crippen LogP contribution in [0.15, 0.2) is 29.6 Å². The standard InChI is InChI=1S/C12H12N2O/c1-3-8-7-9-5-6-10(4-2)13-11(9)14-12(8)15/h4-7H,2-3H2,1H3,(H,13,14,15). The maximum Gasteiger partial charge on any atom is 0.252 e. The molecule has 76 valence electrons. The highest BCUT2D eigenvalue weighted by Gasteiger charge is 2.01. The van der Waals surface area contributed by atoms with Gasteiger partial charge in [-0.2, -0.15) is 0 Å². The fourth-order valence-corrected chi connectivity index (χ4v) is 1.52. The summed E-state index contributed by atoms with van der Waals surface area (Å²) in [6, 6.07) is 5.70. The molecule has 2 rings (SSSR count). The molecule has 0 radical (unpaired) electrons. The molecular weight excluding hydrogens is 188 g/mol. The molecule has 15 heavy (non-hydrogen) atoms. The largest absolute Gasteiger partial charge is 0.306 e. The summed E-state index contributed by atoms with van der Waals surface area (Å²) in [6.07, 6.45) is 2.39. The Balaban J connectivity index is 2.75. The summed E-state index contributed by atoms with van der Waals surface area (Å²) in [5, 5.41) is 0.956. The van der Waals surface area contributed by atoms with Crippen molar-refractivity contribution in [3.05, 3.63) is 46.4 Å². The number of H-pyrrole nitrogens is 1. The predicted molar refractivity (Wildman–Crippen MR) is 61.8 cm³/mol. The molecule has 2 aromatic rings. The van der Waals surface area contributed by atoms with Crippen molar-refractivity contribution in [3.63, 3.8) is 0 Å². The lowest BCUT2D eigenvalue weighted by Crippen LogP contribution is -2.11. The summed E-state index contributed by atoms with van der Waals surface area (Å²) < 4.78 is 0. The lowest BCUT2D eigenvalue weighted by atomic mass is 10.1. The highest BCUT2D eigenvalue weighted by atomic mass is 16.1. The second-order valence-electron chi connectivity index (χ2n) is 3.36. The molecule has 0 aliphatic carbocycles. The lowest BCUT2D eigenvalue weighted by Gasteiger charge is -2.01. The molecule has 0 fully saturated rings. The highest BCUT2D eigenvalue weighted by Crippen LogP contribution is 2.10. The van der Waals surface area contributed by atoms with Crippen molar-refractivity contribution in [2.24, 2.45) is 0 Å². The van der Waals surface area contributed by atoms with E-state index in [0.717, 1.165) is 23.1 Å². The van der Waals surface area contributed by atoms with Crippen LogP contribution in [0.3, 0.4) is 0 Å². The minimum atomic E-state index is -0.0567. The number of aryl methyl sites for hydroxylation is 1. The van der Waals surface area contributed by atoms with Gasteiger partial charge in [-0.3, -0.25) is 4.79 Å². The van der Waals surface area contributed by atoms with Crippen LogP contribution in [0.5, 0.6) is 0 Å². The summed E-state index contributed by atoms with van der Waals surface area (Å²) in [5.74, 6) is 0. The number of hydrogen-bond donors (Lipinski definition) is 1. The molecule has 0 aliphatic rings. The van der Waals surface area contributed by atoms with Crippen molar-refractivity contribution in [3.8, 4) is 0 Å². The van der Waals surface area contributed by atoms with Crippen LogP contribution in [-0.4, -0.2) is 9.97 Å². The van der Waals surface area contributed by atoms with Crippen molar-refractivity contribution in [1.29, 1.82) is 0 Å². The molecule has 0 saturated heterocycles. The Morgan fingerprint density at radius 3 is 3.00 bits per heavy atom. The zero-order valence-corrected chi connectivity index (χ0v) is 8.58. The molecule has 0 amide bonds. The number of nitrogens with zero attached hydrogens (tertiary/aromatic N) is 1. The van der Waals surface area contributed by atoms with Gasteiger partial charge in [0.15, 0.2) is 0 Å². The van der Waals surface area contributed by atoms with Crippen molar-refractivity contribution in [2.75, 3.05) is 0 Å². The molecule has 3 heteroatoms. The van der Waals surface area contributed by atoms with E-state index in [1.807, 2.05) is 25.1 Å². The van der Waals surface area contributed by atoms with Crippen LogP contribution in [0.25, 0.3) is 17.1 Å². The number of nitrogens with one attached hydrogen (secondary N) is 1. The minimum absolute atomic E-state index is 0.0567. The third-order valence-corrected chi connectivity index (χ3v) is 2.39. The average molecular weight is 200 g/mol. The molecule has 0 spiro atoms. The van der Waals surface area contributed by atoms with Gasteiger partial charge in [0.05, 0.1) is 5.69 Å². The quantitative estimate of drug-likeness (QED) is 0.807. The van der Waals surface area contributed by atoms with E-state index >= 15 is 0 Å². The Labute approximate surface area is 87.5 Å². The number of fused-ring (bicyclic) bond motifs is 1. The second-order valence-corrected chi connectivity index (χ2v) is 3.36. The van der Waals surface area contributed by atoms with Crippen LogP contribution in [0.4, 0.5) is 0 Å². The molecule has 0 aliphatic heterocycles. The molecule has 0 atom stereocenters. The van der Waals surface area contributed by atoms with Gasteiger partial charge in [-0.15, -0.1) is 0 Å². The second kappa shape index (κ2) is 3.69. The SMILES string of the molecule is C=Cc1ccc2cc(CC)c(=O)[nH]c2n1. The number of rotatable bonds is 2. The van der Waals surface area contributed by atoms with Crippen molar-refractivity contribution in [2.45, 2.75) is 13.3 Å². The van der Waals surface area contributed by atoms with Gasteiger partial charge in [0.25, 0.3) is 5.56 Å². The van der Waals surface area contributed by atoms with E-state index in [4.69, 9.17) is 0 Å². The first-order chi connectivity index (χ1) is 7.24. The minimum Gasteiger partial charge on any atom is -0.306 e. The van der Waals surface area contributed by atoms with E-state index in [9.17, 15) is 4.79 Å². The van der Waals surface area contributed by atoms with E-state index in [1.165, 1.54) is 0 Å². The van der Waals surface area contributed by atoms with Crippen molar-refractivity contribution >= 4 is 17.1 Å². The summed E-state index contributed by atoms with van der Waals surface area (Å²) in [4.78, 5) is 18.6. The third kappa shape index (κ3) is 1.68. The van der Waals surface area contributed by atoms with E-state index < -0.39 is 0 Å². The van der Waals surface area contributed by atoms with Crippen molar-refractivity contribution in [1.82, 2.24) is 9.97 Å². The maximum absolute atomic E-state index is 11.5. The van der Waals surface area contributed by atoms with Gasteiger partial charge < -0.3 is 4.98 Å². The average Bonchev–Trinajstić information content (AvgIpc) is 2.27. The smallest absolute Gasteiger partial charge is 0.252 e. The summed E-state index contributed by atoms with van der Waals surface area (Å²) in [6.45, 7) is 5.60. The fraction of sp³-hybridized carbons (Fsp3) is 0.167. The van der Waals surface area contributed by atoms with Crippen LogP contribution in [-0.2, 0) is 6.42 Å². The summed E-state index contributed by atoms with van der Waals surface area (Å²) in [5.41, 5.74) is 2.12. The normalized spacial score (nSPS) is 10.5. The van der Waals surface area contributed by atoms with Gasteiger partial charge in [0.1, 0.15) is 5.65 Å². The molecule has 2 heterocycles. The first-order valence-corrected chi connectivity index (χ1v) is 4.90. The molecule has 0 unspecified atom stereocenters. The van der Waals surface area contributed by atoms with Gasteiger partial charge in [-0.25, -0.2) is 4.98 Å². The van der Waals surface area contributed by atoms with E-state index in [1.54, 1.807) is 6.08 Å². The molecule has 0 aromatic carbocycles. The van der Waals surface area contributed by atoms with E-state index in [-0.39, 0.29) is 5.56 Å². The Morgan fingerprint density at radius 1 is 1.53 bits per heavy atom. The maximum atomic E-state index is 11.5. The first-order valence-electron chi connectivity index (χ1n) is 4.90. The molecule has 1 N–H and O–H groups in total. The molecule has 2 aromatic heterocycles. The lowest BCUT2D eigenvalue weighted by molar-refractivity contribution is 1.07. The predicted octanol–water partition coefficient (Wildman–Crippen LogP) is 2.13. The van der Waals surface area contributed by atoms with Crippen LogP contribution in [0.2, 0.25) is 0 Å². The Hall–Kier alpha value is -1.90. The van der Waals surface area contributed by atoms with Gasteiger partial charge in [-0.1, -0.05) is 13.5 Å². The topological polar surface area (TPSA) is 45.8 Å². The number of hydrogen-bond acceptors (Lipinski definition) is 2. The monoisotopic (exact) mass is 200 g/mol. The van der Waals surface area contributed by atoms with Crippen LogP contribution >= 0.6 is 0 Å². The van der Waals surface area contributed by atoms with Gasteiger partial charge in [-0.05, 0) is 30.7 Å². The zero-order chi connectivity index (χ0) is 10.8. The van der Waals surface area contributed by atoms with Crippen molar-refractivity contribution < 1.29 is 0 Å². The zero-order valence-electron chi connectivity index (χ0n) is 8.58. The number of aromatic nitrogens is 2. The van der Waals surface area contributed by atoms with Gasteiger partial charge in [0, 0.05) is 10.9 Å². The Bertz CT molecular complexity index is 569. The highest BCUT2D eigenvalue weighted by molar-refractivity contribution is 5.76. The van der Waals surface area contributed by atoms with Crippen LogP contribution < -0.4 is 5.56 Å². The van der Waals surface area contributed by atoms with Crippen LogP contribution in [0, 0.1) is 0 Å². The molecule has 0 bridgehead atoms. The van der Waals surface area contributed by atoms with Gasteiger partial charge >= 0.3 is 0 Å².